The van der Waals surface area contributed by atoms with E-state index in [1.54, 1.807) is 0 Å². The molecule has 82 heavy (non-hydrogen) atoms. The van der Waals surface area contributed by atoms with E-state index in [-0.39, 0.29) is 0 Å². The molecule has 3 aromatic heterocycles. The third-order valence-corrected chi connectivity index (χ3v) is 22.1. The van der Waals surface area contributed by atoms with Gasteiger partial charge in [0, 0.05) is 57.9 Å². The first-order valence-corrected chi connectivity index (χ1v) is 29.5. The molecule has 0 unspecified atom stereocenters. The van der Waals surface area contributed by atoms with Crippen molar-refractivity contribution in [2.75, 3.05) is 0 Å². The van der Waals surface area contributed by atoms with E-state index in [0.717, 1.165) is 66.4 Å². The zero-order chi connectivity index (χ0) is 59.1. The van der Waals surface area contributed by atoms with Crippen molar-refractivity contribution in [3.8, 4) is 45.6 Å². The van der Waals surface area contributed by atoms with E-state index in [1.807, 2.05) is 0 Å². The van der Waals surface area contributed by atoms with E-state index >= 15 is 0 Å². The van der Waals surface area contributed by atoms with Crippen molar-refractivity contribution in [1.82, 2.24) is 39.0 Å². The third-order valence-electron chi connectivity index (χ3n) is 22.1. The van der Waals surface area contributed by atoms with Gasteiger partial charge in [0.1, 0.15) is 22.6 Å². The van der Waals surface area contributed by atoms with Crippen LogP contribution in [0.1, 0.15) is 134 Å². The van der Waals surface area contributed by atoms with Crippen LogP contribution in [0.3, 0.4) is 0 Å². The van der Waals surface area contributed by atoms with Gasteiger partial charge in [-0.15, -0.1) is 0 Å². The molecule has 11 aromatic rings. The SMILES string of the molecule is Cc1c(C)c(C)c2c(C)c3c(c(C)c2c1C)-c1nc-3nc2c3c(C)c4c(C)c(C)c(C)c(C)c4c(C)c3c(nc3nc(nc4c5c(C)c6c(C)c(C)c(C)c(C)c6c(C)c5c(n1)n4C)-c1c-3c(C)c3c(C)c(C)c(C)c(C)c3c1C)n2C. The van der Waals surface area contributed by atoms with Crippen molar-refractivity contribution in [3.05, 3.63) is 134 Å². The van der Waals surface area contributed by atoms with Crippen LogP contribution in [0.4, 0.5) is 0 Å². The first-order valence-electron chi connectivity index (χ1n) is 29.5. The lowest BCUT2D eigenvalue weighted by molar-refractivity contribution is 0.959. The molecule has 13 rings (SSSR count). The van der Waals surface area contributed by atoms with Crippen LogP contribution < -0.4 is 0 Å². The highest BCUT2D eigenvalue weighted by molar-refractivity contribution is 6.21. The summed E-state index contributed by atoms with van der Waals surface area (Å²) >= 11 is 0. The Balaban J connectivity index is 1.38. The quantitative estimate of drug-likeness (QED) is 0.150. The molecule has 414 valence electrons. The lowest BCUT2D eigenvalue weighted by atomic mass is 9.83. The van der Waals surface area contributed by atoms with Crippen LogP contribution in [0.25, 0.3) is 133 Å². The second-order valence-corrected chi connectivity index (χ2v) is 25.4. The number of hydrogen-bond donors (Lipinski definition) is 0. The summed E-state index contributed by atoms with van der Waals surface area (Å²) in [6.07, 6.45) is 0. The largest absolute Gasteiger partial charge is 0.313 e. The van der Waals surface area contributed by atoms with Gasteiger partial charge < -0.3 is 9.13 Å². The standard InChI is InChI=1S/C74H78N8/c1-27-28(2)36(10)52-44(18)60-59(43(17)51(52)35(27)9)67-75-68(60)78-72-65-49(23)57-41(15)33(7)34(8)42(16)58(57)50(24)66(65)74(82(72)26)80-70-62-46(20)54-38(12)30(4)29(3)37(11)53(54)45(19)61(62)69(76-70)79-73-64-48(22)56-40(14)32(6)31(5)39(13)55(56)47(21)63(64)71(77-67)81(73)25/h1-26H3. The van der Waals surface area contributed by atoms with Gasteiger partial charge in [-0.1, -0.05) is 0 Å². The number of rotatable bonds is 0. The Morgan fingerprint density at radius 1 is 0.159 bits per heavy atom. The summed E-state index contributed by atoms with van der Waals surface area (Å²) in [4.78, 5) is 35.5. The molecule has 2 aliphatic rings. The second-order valence-electron chi connectivity index (χ2n) is 25.4. The average Bonchev–Trinajstić information content (AvgIpc) is 2.07. The second kappa shape index (κ2) is 17.4. The van der Waals surface area contributed by atoms with Crippen LogP contribution >= 0.6 is 0 Å². The van der Waals surface area contributed by atoms with Crippen molar-refractivity contribution < 1.29 is 0 Å². The van der Waals surface area contributed by atoms with Crippen molar-refractivity contribution in [1.29, 1.82) is 0 Å². The number of fused-ring (bicyclic) bond motifs is 24. The maximum atomic E-state index is 5.98. The van der Waals surface area contributed by atoms with Crippen LogP contribution in [0, 0.1) is 166 Å². The van der Waals surface area contributed by atoms with Gasteiger partial charge in [0.15, 0.2) is 23.3 Å². The summed E-state index contributed by atoms with van der Waals surface area (Å²) in [6, 6.07) is 0. The first-order chi connectivity index (χ1) is 38.6. The zero-order valence-corrected chi connectivity index (χ0v) is 53.6. The van der Waals surface area contributed by atoms with Gasteiger partial charge in [0.05, 0.1) is 0 Å². The Kier molecular flexibility index (Phi) is 11.3. The maximum Gasteiger partial charge on any atom is 0.165 e. The van der Waals surface area contributed by atoms with E-state index < -0.39 is 0 Å². The molecule has 0 N–H and O–H groups in total. The van der Waals surface area contributed by atoms with E-state index in [1.165, 1.54) is 177 Å². The Bertz CT molecular complexity index is 4550. The van der Waals surface area contributed by atoms with Crippen LogP contribution in [-0.2, 0) is 14.1 Å². The van der Waals surface area contributed by atoms with Crippen LogP contribution in [-0.4, -0.2) is 39.0 Å². The minimum Gasteiger partial charge on any atom is -0.313 e. The van der Waals surface area contributed by atoms with Gasteiger partial charge >= 0.3 is 0 Å². The molecular formula is C74H78N8. The Morgan fingerprint density at radius 2 is 0.305 bits per heavy atom. The number of aromatic nitrogens is 8. The van der Waals surface area contributed by atoms with Crippen LogP contribution in [0.5, 0.6) is 0 Å². The fraction of sp³-hybridized carbons (Fsp3) is 0.351. The zero-order valence-electron chi connectivity index (χ0n) is 53.6. The molecule has 0 spiro atoms. The molecule has 0 saturated carbocycles. The lowest BCUT2D eigenvalue weighted by Gasteiger charge is -2.21. The molecular weight excluding hydrogens is 1000 g/mol. The summed E-state index contributed by atoms with van der Waals surface area (Å²) in [5, 5.41) is 14.5. The molecule has 8 bridgehead atoms. The number of benzene rings is 8. The van der Waals surface area contributed by atoms with Gasteiger partial charge in [0.25, 0.3) is 0 Å². The predicted octanol–water partition coefficient (Wildman–Crippen LogP) is 18.9. The molecule has 0 amide bonds. The minimum atomic E-state index is 0.658. The van der Waals surface area contributed by atoms with Crippen molar-refractivity contribution in [2.45, 2.75) is 166 Å². The maximum absolute atomic E-state index is 5.98. The number of aryl methyl sites for hydroxylation is 18. The monoisotopic (exact) mass is 1080 g/mol. The highest BCUT2D eigenvalue weighted by atomic mass is 15.1. The molecule has 0 saturated heterocycles. The van der Waals surface area contributed by atoms with E-state index in [9.17, 15) is 0 Å². The Morgan fingerprint density at radius 3 is 0.463 bits per heavy atom. The molecule has 8 heteroatoms. The summed E-state index contributed by atoms with van der Waals surface area (Å²) < 4.78 is 4.47. The van der Waals surface area contributed by atoms with Crippen molar-refractivity contribution in [3.63, 3.8) is 0 Å². The minimum absolute atomic E-state index is 0.658. The first kappa shape index (κ1) is 53.5. The lowest BCUT2D eigenvalue weighted by Crippen LogP contribution is -2.01. The van der Waals surface area contributed by atoms with Gasteiger partial charge in [0.2, 0.25) is 0 Å². The topological polar surface area (TPSA) is 87.2 Å². The average molecular weight is 1080 g/mol. The van der Waals surface area contributed by atoms with Crippen molar-refractivity contribution >= 4 is 87.2 Å². The molecule has 0 aliphatic carbocycles. The summed E-state index contributed by atoms with van der Waals surface area (Å²) in [5.41, 5.74) is 37.7. The molecule has 2 aliphatic heterocycles. The number of nitrogens with zero attached hydrogens (tertiary/aromatic N) is 8. The van der Waals surface area contributed by atoms with Crippen LogP contribution in [0.2, 0.25) is 0 Å². The molecule has 0 atom stereocenters. The summed E-state index contributed by atoms with van der Waals surface area (Å²) in [6.45, 7) is 54.9. The van der Waals surface area contributed by atoms with E-state index in [0.29, 0.717) is 23.3 Å². The number of hydrogen-bond acceptors (Lipinski definition) is 6. The molecule has 8 nitrogen and oxygen atoms in total. The highest BCUT2D eigenvalue weighted by Gasteiger charge is 2.34. The van der Waals surface area contributed by atoms with Gasteiger partial charge in [-0.05, 0) is 343 Å². The fourth-order valence-electron chi connectivity index (χ4n) is 16.3. The van der Waals surface area contributed by atoms with E-state index in [2.05, 4.69) is 189 Å². The van der Waals surface area contributed by atoms with Gasteiger partial charge in [-0.25, -0.2) is 29.9 Å². The molecule has 8 aromatic carbocycles. The fourth-order valence-corrected chi connectivity index (χ4v) is 16.3. The summed E-state index contributed by atoms with van der Waals surface area (Å²) in [5.74, 6) is 2.63. The molecule has 0 fully saturated rings. The Labute approximate surface area is 483 Å². The normalized spacial score (nSPS) is 12.5. The third kappa shape index (κ3) is 6.34. The molecule has 5 heterocycles. The van der Waals surface area contributed by atoms with Gasteiger partial charge in [-0.3, -0.25) is 0 Å². The summed E-state index contributed by atoms with van der Waals surface area (Å²) in [7, 11) is 4.30. The van der Waals surface area contributed by atoms with E-state index in [4.69, 9.17) is 29.9 Å². The van der Waals surface area contributed by atoms with Crippen molar-refractivity contribution in [2.24, 2.45) is 14.1 Å². The predicted molar refractivity (Wildman–Crippen MR) is 349 cm³/mol. The van der Waals surface area contributed by atoms with Crippen LogP contribution in [0.15, 0.2) is 0 Å². The van der Waals surface area contributed by atoms with Gasteiger partial charge in [-0.2, -0.15) is 0 Å². The molecule has 0 radical (unpaired) electrons. The highest BCUT2D eigenvalue weighted by Crippen LogP contribution is 2.51. The Hall–Kier alpha value is -7.84. The smallest absolute Gasteiger partial charge is 0.165 e.